The number of benzene rings is 2. The van der Waals surface area contributed by atoms with Crippen molar-refractivity contribution in [2.45, 2.75) is 96.7 Å². The molecule has 1 atom stereocenters. The number of hydrogen-bond acceptors (Lipinski definition) is 2. The quantitative estimate of drug-likeness (QED) is 0.457. The van der Waals surface area contributed by atoms with Gasteiger partial charge in [0.05, 0.1) is 0 Å². The predicted octanol–water partition coefficient (Wildman–Crippen LogP) is 6.14. The Kier molecular flexibility index (Phi) is 9.67. The largest absolute Gasteiger partial charge is 0.352 e. The molecule has 3 rings (SSSR count). The summed E-state index contributed by atoms with van der Waals surface area (Å²) in [6.45, 7) is 6.56. The van der Waals surface area contributed by atoms with Crippen molar-refractivity contribution in [2.24, 2.45) is 0 Å². The molecule has 1 aliphatic rings. The molecule has 0 saturated heterocycles. The van der Waals surface area contributed by atoms with Crippen molar-refractivity contribution in [1.29, 1.82) is 0 Å². The number of nitrogens with zero attached hydrogens (tertiary/aromatic N) is 1. The highest BCUT2D eigenvalue weighted by Crippen LogP contribution is 2.20. The first kappa shape index (κ1) is 25.9. The zero-order valence-electron chi connectivity index (χ0n) is 20.9. The summed E-state index contributed by atoms with van der Waals surface area (Å²) in [4.78, 5) is 28.4. The number of carbonyl (C=O) groups excluding carboxylic acids is 2. The first-order valence-electron chi connectivity index (χ1n) is 12.8. The van der Waals surface area contributed by atoms with Gasteiger partial charge in [0.15, 0.2) is 0 Å². The van der Waals surface area contributed by atoms with E-state index in [1.165, 1.54) is 24.1 Å². The third kappa shape index (κ3) is 7.41. The van der Waals surface area contributed by atoms with Gasteiger partial charge in [-0.1, -0.05) is 76.4 Å². The molecule has 0 spiro atoms. The van der Waals surface area contributed by atoms with Crippen molar-refractivity contribution >= 4 is 11.8 Å². The maximum Gasteiger partial charge on any atom is 0.243 e. The zero-order chi connectivity index (χ0) is 24.5. The monoisotopic (exact) mass is 466 g/mol. The summed E-state index contributed by atoms with van der Waals surface area (Å²) in [7, 11) is 0. The Labute approximate surface area is 203 Å². The minimum Gasteiger partial charge on any atom is -0.352 e. The molecule has 2 aromatic carbocycles. The van der Waals surface area contributed by atoms with Gasteiger partial charge in [0, 0.05) is 19.0 Å². The number of nitrogens with one attached hydrogen (secondary N) is 1. The van der Waals surface area contributed by atoms with Crippen molar-refractivity contribution in [2.75, 3.05) is 0 Å². The smallest absolute Gasteiger partial charge is 0.243 e. The Morgan fingerprint density at radius 1 is 0.971 bits per heavy atom. The molecule has 0 heterocycles. The fourth-order valence-corrected chi connectivity index (χ4v) is 4.71. The Morgan fingerprint density at radius 3 is 2.18 bits per heavy atom. The van der Waals surface area contributed by atoms with Crippen LogP contribution in [-0.2, 0) is 22.6 Å². The van der Waals surface area contributed by atoms with E-state index in [2.05, 4.69) is 43.4 Å². The third-order valence-electron chi connectivity index (χ3n) is 6.88. The molecule has 1 fully saturated rings. The molecule has 0 aliphatic heterocycles. The number of rotatable bonds is 10. The van der Waals surface area contributed by atoms with E-state index in [0.717, 1.165) is 36.8 Å². The summed E-state index contributed by atoms with van der Waals surface area (Å²) in [6, 6.07) is 14.2. The molecule has 1 saturated carbocycles. The van der Waals surface area contributed by atoms with E-state index in [4.69, 9.17) is 0 Å². The van der Waals surface area contributed by atoms with E-state index < -0.39 is 6.04 Å². The molecule has 1 N–H and O–H groups in total. The van der Waals surface area contributed by atoms with Crippen LogP contribution < -0.4 is 5.32 Å². The van der Waals surface area contributed by atoms with Crippen LogP contribution in [0.3, 0.4) is 0 Å². The van der Waals surface area contributed by atoms with Gasteiger partial charge in [0.25, 0.3) is 0 Å². The Balaban J connectivity index is 1.73. The number of amides is 2. The van der Waals surface area contributed by atoms with Crippen molar-refractivity contribution in [3.05, 3.63) is 71.0 Å². The molecular weight excluding hydrogens is 427 g/mol. The topological polar surface area (TPSA) is 49.4 Å². The van der Waals surface area contributed by atoms with Gasteiger partial charge < -0.3 is 10.2 Å². The van der Waals surface area contributed by atoms with Crippen molar-refractivity contribution in [3.63, 3.8) is 0 Å². The normalized spacial score (nSPS) is 15.2. The Bertz CT molecular complexity index is 918. The average Bonchev–Trinajstić information content (AvgIpc) is 2.84. The van der Waals surface area contributed by atoms with Gasteiger partial charge in [-0.15, -0.1) is 0 Å². The third-order valence-corrected chi connectivity index (χ3v) is 6.88. The molecule has 0 bridgehead atoms. The highest BCUT2D eigenvalue weighted by molar-refractivity contribution is 5.88. The van der Waals surface area contributed by atoms with Crippen LogP contribution in [0.4, 0.5) is 4.39 Å². The standard InChI is InChI=1S/C29H39FN2O2/c1-4-27(29(34)31-26-8-6-5-7-9-26)32(20-23-12-17-25(30)18-13-23)28(33)19-14-22-10-15-24(16-11-22)21(2)3/h10-13,15-18,21,26-27H,4-9,14,19-20H2,1-3H3,(H,31,34)/t27-/m1/s1. The maximum absolute atomic E-state index is 13.4. The van der Waals surface area contributed by atoms with E-state index in [1.807, 2.05) is 6.92 Å². The van der Waals surface area contributed by atoms with Crippen molar-refractivity contribution in [3.8, 4) is 0 Å². The average molecular weight is 467 g/mol. The predicted molar refractivity (Wildman–Crippen MR) is 135 cm³/mol. The molecule has 34 heavy (non-hydrogen) atoms. The maximum atomic E-state index is 13.4. The fourth-order valence-electron chi connectivity index (χ4n) is 4.71. The van der Waals surface area contributed by atoms with Gasteiger partial charge in [-0.2, -0.15) is 0 Å². The van der Waals surface area contributed by atoms with Crippen LogP contribution >= 0.6 is 0 Å². The lowest BCUT2D eigenvalue weighted by Crippen LogP contribution is -2.51. The van der Waals surface area contributed by atoms with Crippen LogP contribution in [0.1, 0.15) is 88.3 Å². The summed E-state index contributed by atoms with van der Waals surface area (Å²) in [5.41, 5.74) is 3.21. The summed E-state index contributed by atoms with van der Waals surface area (Å²) >= 11 is 0. The molecular formula is C29H39FN2O2. The molecule has 0 unspecified atom stereocenters. The summed E-state index contributed by atoms with van der Waals surface area (Å²) in [5, 5.41) is 3.20. The van der Waals surface area contributed by atoms with Crippen molar-refractivity contribution in [1.82, 2.24) is 10.2 Å². The number of carbonyl (C=O) groups is 2. The molecule has 2 aromatic rings. The molecule has 0 aromatic heterocycles. The second-order valence-corrected chi connectivity index (χ2v) is 9.81. The summed E-state index contributed by atoms with van der Waals surface area (Å²) < 4.78 is 13.4. The highest BCUT2D eigenvalue weighted by Gasteiger charge is 2.30. The highest BCUT2D eigenvalue weighted by atomic mass is 19.1. The van der Waals surface area contributed by atoms with Crippen LogP contribution in [0.15, 0.2) is 48.5 Å². The molecule has 2 amide bonds. The lowest BCUT2D eigenvalue weighted by Gasteiger charge is -2.33. The zero-order valence-corrected chi connectivity index (χ0v) is 20.9. The van der Waals surface area contributed by atoms with Gasteiger partial charge in [-0.05, 0) is 60.4 Å². The lowest BCUT2D eigenvalue weighted by molar-refractivity contribution is -0.141. The van der Waals surface area contributed by atoms with Crippen LogP contribution in [0.2, 0.25) is 0 Å². The van der Waals surface area contributed by atoms with E-state index in [-0.39, 0.29) is 23.7 Å². The van der Waals surface area contributed by atoms with Gasteiger partial charge in [-0.25, -0.2) is 4.39 Å². The summed E-state index contributed by atoms with van der Waals surface area (Å²) in [6.07, 6.45) is 6.98. The molecule has 1 aliphatic carbocycles. The van der Waals surface area contributed by atoms with Crippen LogP contribution in [0.25, 0.3) is 0 Å². The van der Waals surface area contributed by atoms with E-state index in [0.29, 0.717) is 31.7 Å². The van der Waals surface area contributed by atoms with Gasteiger partial charge in [0.2, 0.25) is 11.8 Å². The Morgan fingerprint density at radius 2 is 1.59 bits per heavy atom. The minimum absolute atomic E-state index is 0.0529. The SMILES string of the molecule is CC[C@H](C(=O)NC1CCCCC1)N(Cc1ccc(F)cc1)C(=O)CCc1ccc(C(C)C)cc1. The Hall–Kier alpha value is -2.69. The van der Waals surface area contributed by atoms with Crippen molar-refractivity contribution < 1.29 is 14.0 Å². The van der Waals surface area contributed by atoms with E-state index in [9.17, 15) is 14.0 Å². The first-order chi connectivity index (χ1) is 16.4. The van der Waals surface area contributed by atoms with Crippen LogP contribution in [-0.4, -0.2) is 28.8 Å². The minimum atomic E-state index is -0.539. The number of halogens is 1. The van der Waals surface area contributed by atoms with Crippen LogP contribution in [0.5, 0.6) is 0 Å². The van der Waals surface area contributed by atoms with Gasteiger partial charge >= 0.3 is 0 Å². The van der Waals surface area contributed by atoms with Gasteiger partial charge in [0.1, 0.15) is 11.9 Å². The van der Waals surface area contributed by atoms with Crippen LogP contribution in [0, 0.1) is 5.82 Å². The second kappa shape index (κ2) is 12.7. The molecule has 5 heteroatoms. The second-order valence-electron chi connectivity index (χ2n) is 9.81. The first-order valence-corrected chi connectivity index (χ1v) is 12.8. The van der Waals surface area contributed by atoms with Gasteiger partial charge in [-0.3, -0.25) is 9.59 Å². The lowest BCUT2D eigenvalue weighted by atomic mass is 9.95. The number of hydrogen-bond donors (Lipinski definition) is 1. The summed E-state index contributed by atoms with van der Waals surface area (Å²) in [5.74, 6) is 0.0254. The molecule has 0 radical (unpaired) electrons. The molecule has 4 nitrogen and oxygen atoms in total. The fraction of sp³-hybridized carbons (Fsp3) is 0.517. The van der Waals surface area contributed by atoms with E-state index in [1.54, 1.807) is 17.0 Å². The van der Waals surface area contributed by atoms with E-state index >= 15 is 0 Å². The molecule has 184 valence electrons. The number of aryl methyl sites for hydroxylation is 1.